The van der Waals surface area contributed by atoms with Gasteiger partial charge in [-0.1, -0.05) is 11.6 Å². The van der Waals surface area contributed by atoms with Crippen LogP contribution in [0.3, 0.4) is 0 Å². The smallest absolute Gasteiger partial charge is 0.222 e. The van der Waals surface area contributed by atoms with Crippen LogP contribution in [0, 0.1) is 5.92 Å². The monoisotopic (exact) mass is 253 g/mol. The topological polar surface area (TPSA) is 72.3 Å². The zero-order valence-corrected chi connectivity index (χ0v) is 10.3. The van der Waals surface area contributed by atoms with Crippen LogP contribution in [0.5, 0.6) is 0 Å². The first kappa shape index (κ1) is 12.2. The molecule has 1 aromatic carbocycles. The number of amides is 1. The van der Waals surface area contributed by atoms with Gasteiger partial charge in [0.05, 0.1) is 5.92 Å². The van der Waals surface area contributed by atoms with Crippen molar-refractivity contribution < 1.29 is 4.79 Å². The van der Waals surface area contributed by atoms with Crippen LogP contribution in [0.2, 0.25) is 5.02 Å². The maximum Gasteiger partial charge on any atom is 0.222 e. The van der Waals surface area contributed by atoms with Gasteiger partial charge in [0.25, 0.3) is 0 Å². The van der Waals surface area contributed by atoms with Gasteiger partial charge in [0.1, 0.15) is 0 Å². The Hall–Kier alpha value is -1.26. The van der Waals surface area contributed by atoms with Gasteiger partial charge < -0.3 is 16.4 Å². The number of halogens is 1. The molecule has 0 saturated carbocycles. The maximum absolute atomic E-state index is 11.1. The molecule has 2 rings (SSSR count). The van der Waals surface area contributed by atoms with E-state index in [1.807, 2.05) is 18.2 Å². The van der Waals surface area contributed by atoms with Crippen LogP contribution in [0.25, 0.3) is 0 Å². The van der Waals surface area contributed by atoms with E-state index in [-0.39, 0.29) is 11.8 Å². The molecule has 5 heteroatoms. The Morgan fingerprint density at radius 1 is 1.53 bits per heavy atom. The molecule has 1 amide bonds. The van der Waals surface area contributed by atoms with Crippen LogP contribution >= 0.6 is 11.6 Å². The number of hydrogen-bond donors (Lipinski definition) is 2. The molecule has 0 radical (unpaired) electrons. The highest BCUT2D eigenvalue weighted by atomic mass is 35.5. The maximum atomic E-state index is 11.1. The lowest BCUT2D eigenvalue weighted by Crippen LogP contribution is -2.27. The molecular weight excluding hydrogens is 238 g/mol. The van der Waals surface area contributed by atoms with Crippen molar-refractivity contribution in [3.8, 4) is 0 Å². The largest absolute Gasteiger partial charge is 0.370 e. The molecule has 92 valence electrons. The van der Waals surface area contributed by atoms with Crippen LogP contribution in [0.1, 0.15) is 12.0 Å². The van der Waals surface area contributed by atoms with Crippen LogP contribution in [-0.4, -0.2) is 19.0 Å². The summed E-state index contributed by atoms with van der Waals surface area (Å²) < 4.78 is 0. The van der Waals surface area contributed by atoms with Crippen LogP contribution < -0.4 is 16.4 Å². The quantitative estimate of drug-likeness (QED) is 0.848. The summed E-state index contributed by atoms with van der Waals surface area (Å²) in [5, 5.41) is 0.680. The number of nitrogens with two attached hydrogens (primary N) is 2. The van der Waals surface area contributed by atoms with Gasteiger partial charge in [-0.15, -0.1) is 0 Å². The number of anilines is 1. The van der Waals surface area contributed by atoms with E-state index in [2.05, 4.69) is 4.90 Å². The Morgan fingerprint density at radius 2 is 2.29 bits per heavy atom. The first-order valence-electron chi connectivity index (χ1n) is 5.64. The SMILES string of the molecule is NCc1cc(Cl)ccc1N1CCC(C(N)=O)C1. The minimum atomic E-state index is -0.226. The van der Waals surface area contributed by atoms with Gasteiger partial charge in [0.2, 0.25) is 5.91 Å². The molecule has 0 aromatic heterocycles. The normalized spacial score (nSPS) is 19.6. The Bertz CT molecular complexity index is 436. The molecular formula is C12H16ClN3O. The molecule has 4 N–H and O–H groups in total. The standard InChI is InChI=1S/C12H16ClN3O/c13-10-1-2-11(9(5-10)6-14)16-4-3-8(7-16)12(15)17/h1-2,5,8H,3-4,6-7,14H2,(H2,15,17). The summed E-state index contributed by atoms with van der Waals surface area (Å²) in [6, 6.07) is 5.66. The molecule has 4 nitrogen and oxygen atoms in total. The molecule has 17 heavy (non-hydrogen) atoms. The van der Waals surface area contributed by atoms with Crippen LogP contribution in [0.15, 0.2) is 18.2 Å². The van der Waals surface area contributed by atoms with E-state index in [1.54, 1.807) is 0 Å². The van der Waals surface area contributed by atoms with Crippen molar-refractivity contribution in [2.24, 2.45) is 17.4 Å². The fourth-order valence-corrected chi connectivity index (χ4v) is 2.43. The fourth-order valence-electron chi connectivity index (χ4n) is 2.24. The Kier molecular flexibility index (Phi) is 3.54. The zero-order valence-electron chi connectivity index (χ0n) is 9.53. The van der Waals surface area contributed by atoms with E-state index < -0.39 is 0 Å². The van der Waals surface area contributed by atoms with Gasteiger partial charge >= 0.3 is 0 Å². The lowest BCUT2D eigenvalue weighted by molar-refractivity contribution is -0.121. The summed E-state index contributed by atoms with van der Waals surface area (Å²) in [5.41, 5.74) is 13.1. The van der Waals surface area contributed by atoms with E-state index in [4.69, 9.17) is 23.1 Å². The van der Waals surface area contributed by atoms with Gasteiger partial charge in [-0.05, 0) is 30.2 Å². The molecule has 1 atom stereocenters. The number of nitrogens with zero attached hydrogens (tertiary/aromatic N) is 1. The fraction of sp³-hybridized carbons (Fsp3) is 0.417. The lowest BCUT2D eigenvalue weighted by atomic mass is 10.1. The molecule has 0 aliphatic carbocycles. The third-order valence-electron chi connectivity index (χ3n) is 3.19. The van der Waals surface area contributed by atoms with Gasteiger partial charge in [0, 0.05) is 30.3 Å². The number of carbonyl (C=O) groups excluding carboxylic acids is 1. The number of primary amides is 1. The van der Waals surface area contributed by atoms with Gasteiger partial charge in [-0.2, -0.15) is 0 Å². The summed E-state index contributed by atoms with van der Waals surface area (Å²) in [6.45, 7) is 1.94. The van der Waals surface area contributed by atoms with E-state index in [9.17, 15) is 4.79 Å². The summed E-state index contributed by atoms with van der Waals surface area (Å²) in [4.78, 5) is 13.3. The second-order valence-electron chi connectivity index (χ2n) is 4.31. The van der Waals surface area contributed by atoms with Gasteiger partial charge in [0.15, 0.2) is 0 Å². The van der Waals surface area contributed by atoms with Crippen molar-refractivity contribution in [3.63, 3.8) is 0 Å². The number of hydrogen-bond acceptors (Lipinski definition) is 3. The van der Waals surface area contributed by atoms with Crippen molar-refractivity contribution in [1.29, 1.82) is 0 Å². The summed E-state index contributed by atoms with van der Waals surface area (Å²) in [6.07, 6.45) is 0.808. The molecule has 1 aliphatic rings. The van der Waals surface area contributed by atoms with Crippen molar-refractivity contribution in [2.45, 2.75) is 13.0 Å². The van der Waals surface area contributed by atoms with Gasteiger partial charge in [-0.3, -0.25) is 4.79 Å². The highest BCUT2D eigenvalue weighted by molar-refractivity contribution is 6.30. The van der Waals surface area contributed by atoms with Crippen LogP contribution in [-0.2, 0) is 11.3 Å². The second kappa shape index (κ2) is 4.94. The zero-order chi connectivity index (χ0) is 12.4. The number of benzene rings is 1. The predicted molar refractivity (Wildman–Crippen MR) is 68.9 cm³/mol. The minimum absolute atomic E-state index is 0.0590. The molecule has 1 heterocycles. The number of rotatable bonds is 3. The molecule has 1 aliphatic heterocycles. The predicted octanol–water partition coefficient (Wildman–Crippen LogP) is 1.11. The minimum Gasteiger partial charge on any atom is -0.370 e. The molecule has 0 bridgehead atoms. The first-order chi connectivity index (χ1) is 8.11. The molecule has 0 spiro atoms. The molecule has 1 aromatic rings. The molecule has 1 fully saturated rings. The highest BCUT2D eigenvalue weighted by Gasteiger charge is 2.27. The average Bonchev–Trinajstić information content (AvgIpc) is 2.78. The molecule has 1 unspecified atom stereocenters. The third kappa shape index (κ3) is 2.53. The summed E-state index contributed by atoms with van der Waals surface area (Å²) in [5.74, 6) is -0.285. The first-order valence-corrected chi connectivity index (χ1v) is 6.02. The third-order valence-corrected chi connectivity index (χ3v) is 3.43. The van der Waals surface area contributed by atoms with Gasteiger partial charge in [-0.25, -0.2) is 0 Å². The van der Waals surface area contributed by atoms with Crippen LogP contribution in [0.4, 0.5) is 5.69 Å². The van der Waals surface area contributed by atoms with E-state index in [0.717, 1.165) is 24.2 Å². The van der Waals surface area contributed by atoms with Crippen molar-refractivity contribution in [2.75, 3.05) is 18.0 Å². The Morgan fingerprint density at radius 3 is 2.88 bits per heavy atom. The number of carbonyl (C=O) groups is 1. The van der Waals surface area contributed by atoms with Crippen molar-refractivity contribution in [3.05, 3.63) is 28.8 Å². The van der Waals surface area contributed by atoms with E-state index >= 15 is 0 Å². The lowest BCUT2D eigenvalue weighted by Gasteiger charge is -2.21. The van der Waals surface area contributed by atoms with Crippen molar-refractivity contribution in [1.82, 2.24) is 0 Å². The van der Waals surface area contributed by atoms with E-state index in [1.165, 1.54) is 0 Å². The Balaban J connectivity index is 2.21. The highest BCUT2D eigenvalue weighted by Crippen LogP contribution is 2.28. The summed E-state index contributed by atoms with van der Waals surface area (Å²) >= 11 is 5.93. The molecule has 1 saturated heterocycles. The Labute approximate surface area is 106 Å². The second-order valence-corrected chi connectivity index (χ2v) is 4.75. The average molecular weight is 254 g/mol. The van der Waals surface area contributed by atoms with E-state index in [0.29, 0.717) is 18.1 Å². The van der Waals surface area contributed by atoms with Crippen molar-refractivity contribution >= 4 is 23.2 Å². The summed E-state index contributed by atoms with van der Waals surface area (Å²) in [7, 11) is 0.